The fraction of sp³-hybridized carbons (Fsp3) is 0.200. The third-order valence-electron chi connectivity index (χ3n) is 6.37. The molecular weight excluding hydrogens is 419 g/mol. The van der Waals surface area contributed by atoms with E-state index in [4.69, 9.17) is 4.65 Å². The summed E-state index contributed by atoms with van der Waals surface area (Å²) in [7, 11) is -1.91. The van der Waals surface area contributed by atoms with Gasteiger partial charge in [-0.1, -0.05) is 77.4 Å². The highest BCUT2D eigenvalue weighted by atomic mass is 16.6. The van der Waals surface area contributed by atoms with Crippen LogP contribution in [0, 0.1) is 41.5 Å². The minimum Gasteiger partial charge on any atom is -0.511 e. The fourth-order valence-corrected chi connectivity index (χ4v) is 4.87. The van der Waals surface area contributed by atoms with E-state index in [1.807, 2.05) is 12.1 Å². The molecule has 0 unspecified atom stereocenters. The van der Waals surface area contributed by atoms with E-state index in [2.05, 4.69) is 96.1 Å². The van der Waals surface area contributed by atoms with Gasteiger partial charge in [-0.25, -0.2) is 0 Å². The molecule has 0 aliphatic carbocycles. The molecule has 0 radical (unpaired) electrons. The van der Waals surface area contributed by atoms with E-state index in [0.29, 0.717) is 5.75 Å². The molecule has 4 heteroatoms. The van der Waals surface area contributed by atoms with Crippen LogP contribution in [-0.2, 0) is 0 Å². The standard InChI is InChI=1S/C30H31BO3/c1-18-7-10-24(21(4)15-18)27-13-14-28(34-31(32)33)30(26-12-9-20(3)17-23(26)6)29(27)25-11-8-19(2)16-22(25)5/h7-17,32-33H,1-6H3. The second-order valence-electron chi connectivity index (χ2n) is 9.26. The molecule has 0 heterocycles. The molecule has 4 rings (SSSR count). The van der Waals surface area contributed by atoms with Gasteiger partial charge in [0.15, 0.2) is 0 Å². The van der Waals surface area contributed by atoms with Crippen molar-refractivity contribution in [3.05, 3.63) is 100 Å². The minimum atomic E-state index is -1.91. The van der Waals surface area contributed by atoms with Crippen LogP contribution in [0.3, 0.4) is 0 Å². The van der Waals surface area contributed by atoms with Gasteiger partial charge in [0.2, 0.25) is 0 Å². The van der Waals surface area contributed by atoms with Gasteiger partial charge in [-0.15, -0.1) is 0 Å². The molecule has 4 aromatic rings. The molecule has 0 atom stereocenters. The Kier molecular flexibility index (Phi) is 6.65. The van der Waals surface area contributed by atoms with Crippen molar-refractivity contribution in [1.29, 1.82) is 0 Å². The lowest BCUT2D eigenvalue weighted by Crippen LogP contribution is -2.21. The van der Waals surface area contributed by atoms with Crippen molar-refractivity contribution in [2.45, 2.75) is 41.5 Å². The van der Waals surface area contributed by atoms with Crippen LogP contribution in [0.15, 0.2) is 66.7 Å². The molecule has 0 aliphatic rings. The van der Waals surface area contributed by atoms with E-state index in [0.717, 1.165) is 44.5 Å². The van der Waals surface area contributed by atoms with E-state index < -0.39 is 7.32 Å². The van der Waals surface area contributed by atoms with Gasteiger partial charge in [0.1, 0.15) is 5.75 Å². The maximum absolute atomic E-state index is 9.74. The Balaban J connectivity index is 2.17. The van der Waals surface area contributed by atoms with Crippen molar-refractivity contribution in [3.63, 3.8) is 0 Å². The maximum atomic E-state index is 9.74. The van der Waals surface area contributed by atoms with Crippen LogP contribution < -0.4 is 4.65 Å². The molecule has 0 spiro atoms. The second kappa shape index (κ2) is 9.50. The highest BCUT2D eigenvalue weighted by Crippen LogP contribution is 2.47. The normalized spacial score (nSPS) is 10.9. The highest BCUT2D eigenvalue weighted by molar-refractivity contribution is 6.34. The van der Waals surface area contributed by atoms with E-state index in [9.17, 15) is 10.0 Å². The monoisotopic (exact) mass is 450 g/mol. The van der Waals surface area contributed by atoms with Gasteiger partial charge in [-0.05, 0) is 86.6 Å². The summed E-state index contributed by atoms with van der Waals surface area (Å²) in [5.41, 5.74) is 13.2. The highest BCUT2D eigenvalue weighted by Gasteiger charge is 2.24. The molecule has 0 saturated carbocycles. The predicted molar refractivity (Wildman–Crippen MR) is 142 cm³/mol. The zero-order valence-electron chi connectivity index (χ0n) is 20.7. The van der Waals surface area contributed by atoms with Crippen LogP contribution in [-0.4, -0.2) is 17.4 Å². The van der Waals surface area contributed by atoms with Crippen LogP contribution >= 0.6 is 0 Å². The molecule has 172 valence electrons. The Labute approximate surface area is 202 Å². The van der Waals surface area contributed by atoms with Crippen LogP contribution in [0.4, 0.5) is 0 Å². The van der Waals surface area contributed by atoms with Gasteiger partial charge in [0, 0.05) is 11.1 Å². The topological polar surface area (TPSA) is 49.7 Å². The van der Waals surface area contributed by atoms with Gasteiger partial charge in [-0.2, -0.15) is 0 Å². The summed E-state index contributed by atoms with van der Waals surface area (Å²) in [6, 6.07) is 23.1. The minimum absolute atomic E-state index is 0.436. The van der Waals surface area contributed by atoms with Crippen LogP contribution in [0.5, 0.6) is 5.75 Å². The van der Waals surface area contributed by atoms with E-state index in [-0.39, 0.29) is 0 Å². The summed E-state index contributed by atoms with van der Waals surface area (Å²) >= 11 is 0. The molecule has 0 aliphatic heterocycles. The summed E-state index contributed by atoms with van der Waals surface area (Å²) in [6.07, 6.45) is 0. The number of hydrogen-bond donors (Lipinski definition) is 2. The lowest BCUT2D eigenvalue weighted by atomic mass is 9.82. The lowest BCUT2D eigenvalue weighted by Gasteiger charge is -2.23. The molecule has 0 bridgehead atoms. The predicted octanol–water partition coefficient (Wildman–Crippen LogP) is 6.89. The molecule has 34 heavy (non-hydrogen) atoms. The Morgan fingerprint density at radius 3 is 1.35 bits per heavy atom. The Hall–Kier alpha value is -3.34. The van der Waals surface area contributed by atoms with Gasteiger partial charge in [-0.3, -0.25) is 0 Å². The SMILES string of the molecule is Cc1ccc(-c2ccc(OB(O)O)c(-c3ccc(C)cc3C)c2-c2ccc(C)cc2C)c(C)c1. The third-order valence-corrected chi connectivity index (χ3v) is 6.37. The van der Waals surface area contributed by atoms with Gasteiger partial charge in [0.05, 0.1) is 0 Å². The van der Waals surface area contributed by atoms with Crippen molar-refractivity contribution in [3.8, 4) is 39.1 Å². The van der Waals surface area contributed by atoms with Crippen LogP contribution in [0.25, 0.3) is 33.4 Å². The maximum Gasteiger partial charge on any atom is 0.707 e. The largest absolute Gasteiger partial charge is 0.707 e. The molecule has 2 N–H and O–H groups in total. The Morgan fingerprint density at radius 1 is 0.500 bits per heavy atom. The van der Waals surface area contributed by atoms with Crippen LogP contribution in [0.2, 0.25) is 0 Å². The Morgan fingerprint density at radius 2 is 0.912 bits per heavy atom. The van der Waals surface area contributed by atoms with Gasteiger partial charge in [0.25, 0.3) is 0 Å². The first-order valence-corrected chi connectivity index (χ1v) is 11.6. The molecular formula is C30H31BO3. The molecule has 0 fully saturated rings. The average Bonchev–Trinajstić information content (AvgIpc) is 2.74. The summed E-state index contributed by atoms with van der Waals surface area (Å²) in [4.78, 5) is 0. The average molecular weight is 450 g/mol. The lowest BCUT2D eigenvalue weighted by molar-refractivity contribution is 0.288. The first-order chi connectivity index (χ1) is 16.2. The zero-order chi connectivity index (χ0) is 24.6. The number of hydrogen-bond acceptors (Lipinski definition) is 3. The quantitative estimate of drug-likeness (QED) is 0.326. The van der Waals surface area contributed by atoms with E-state index in [1.165, 1.54) is 22.3 Å². The first-order valence-electron chi connectivity index (χ1n) is 11.6. The fourth-order valence-electron chi connectivity index (χ4n) is 4.87. The van der Waals surface area contributed by atoms with Crippen molar-refractivity contribution in [2.24, 2.45) is 0 Å². The van der Waals surface area contributed by atoms with Crippen molar-refractivity contribution < 1.29 is 14.7 Å². The van der Waals surface area contributed by atoms with E-state index >= 15 is 0 Å². The van der Waals surface area contributed by atoms with Gasteiger partial charge < -0.3 is 14.7 Å². The zero-order valence-corrected chi connectivity index (χ0v) is 20.7. The van der Waals surface area contributed by atoms with Crippen LogP contribution in [0.1, 0.15) is 33.4 Å². The molecule has 0 amide bonds. The molecule has 4 aromatic carbocycles. The van der Waals surface area contributed by atoms with Crippen molar-refractivity contribution in [2.75, 3.05) is 0 Å². The summed E-state index contributed by atoms with van der Waals surface area (Å²) in [5.74, 6) is 0.436. The summed E-state index contributed by atoms with van der Waals surface area (Å²) in [5, 5.41) is 19.5. The third kappa shape index (κ3) is 4.65. The molecule has 0 saturated heterocycles. The van der Waals surface area contributed by atoms with Gasteiger partial charge >= 0.3 is 7.32 Å². The number of benzene rings is 4. The second-order valence-corrected chi connectivity index (χ2v) is 9.26. The first kappa shape index (κ1) is 23.8. The Bertz CT molecular complexity index is 1370. The summed E-state index contributed by atoms with van der Waals surface area (Å²) < 4.78 is 5.56. The van der Waals surface area contributed by atoms with Crippen molar-refractivity contribution in [1.82, 2.24) is 0 Å². The molecule has 3 nitrogen and oxygen atoms in total. The summed E-state index contributed by atoms with van der Waals surface area (Å²) in [6.45, 7) is 12.6. The number of aryl methyl sites for hydroxylation is 6. The molecule has 0 aromatic heterocycles. The van der Waals surface area contributed by atoms with E-state index in [1.54, 1.807) is 0 Å². The number of rotatable bonds is 5. The smallest absolute Gasteiger partial charge is 0.511 e. The van der Waals surface area contributed by atoms with Crippen molar-refractivity contribution >= 4 is 7.32 Å².